The largest absolute Gasteiger partial charge is 0.497 e. The third-order valence-electron chi connectivity index (χ3n) is 4.10. The summed E-state index contributed by atoms with van der Waals surface area (Å²) in [5.74, 6) is 3.42. The van der Waals surface area contributed by atoms with Crippen molar-refractivity contribution in [2.45, 2.75) is 12.8 Å². The van der Waals surface area contributed by atoms with Crippen LogP contribution in [0, 0.1) is 5.92 Å². The zero-order valence-corrected chi connectivity index (χ0v) is 13.3. The van der Waals surface area contributed by atoms with Gasteiger partial charge in [-0.2, -0.15) is 9.97 Å². The van der Waals surface area contributed by atoms with Crippen molar-refractivity contribution < 1.29 is 9.47 Å². The van der Waals surface area contributed by atoms with Gasteiger partial charge in [-0.15, -0.1) is 0 Å². The predicted molar refractivity (Wildman–Crippen MR) is 89.8 cm³/mol. The summed E-state index contributed by atoms with van der Waals surface area (Å²) < 4.78 is 10.8. The van der Waals surface area contributed by atoms with Gasteiger partial charge in [-0.3, -0.25) is 0 Å². The van der Waals surface area contributed by atoms with Crippen LogP contribution in [0.15, 0.2) is 18.2 Å². The topological polar surface area (TPSA) is 108 Å². The number of hydrogen-bond acceptors (Lipinski definition) is 7. The third-order valence-corrected chi connectivity index (χ3v) is 4.10. The Bertz CT molecular complexity index is 720. The number of nitrogens with two attached hydrogens (primary N) is 2. The molecule has 0 spiro atoms. The van der Waals surface area contributed by atoms with E-state index in [1.165, 1.54) is 0 Å². The molecule has 7 nitrogen and oxygen atoms in total. The van der Waals surface area contributed by atoms with E-state index in [2.05, 4.69) is 15.3 Å². The van der Waals surface area contributed by atoms with Crippen LogP contribution in [-0.4, -0.2) is 30.7 Å². The molecule has 0 fully saturated rings. The van der Waals surface area contributed by atoms with Gasteiger partial charge in [0.15, 0.2) is 0 Å². The summed E-state index contributed by atoms with van der Waals surface area (Å²) in [4.78, 5) is 8.26. The smallest absolute Gasteiger partial charge is 0.223 e. The van der Waals surface area contributed by atoms with E-state index in [9.17, 15) is 0 Å². The molecule has 1 aliphatic heterocycles. The number of benzene rings is 1. The van der Waals surface area contributed by atoms with E-state index in [0.29, 0.717) is 11.7 Å². The van der Waals surface area contributed by atoms with Gasteiger partial charge in [-0.1, -0.05) is 0 Å². The summed E-state index contributed by atoms with van der Waals surface area (Å²) in [5.41, 5.74) is 13.7. The maximum atomic E-state index is 5.98. The minimum atomic E-state index is 0.196. The number of nitrogens with zero attached hydrogens (tertiary/aromatic N) is 2. The summed E-state index contributed by atoms with van der Waals surface area (Å²) in [7, 11) is 3.33. The predicted octanol–water partition coefficient (Wildman–Crippen LogP) is 1.49. The minimum Gasteiger partial charge on any atom is -0.497 e. The maximum absolute atomic E-state index is 5.98. The van der Waals surface area contributed by atoms with E-state index >= 15 is 0 Å². The number of nitrogens with one attached hydrogen (secondary N) is 1. The van der Waals surface area contributed by atoms with Gasteiger partial charge in [0.2, 0.25) is 5.95 Å². The highest BCUT2D eigenvalue weighted by Gasteiger charge is 2.24. The van der Waals surface area contributed by atoms with Crippen LogP contribution in [0.1, 0.15) is 11.1 Å². The van der Waals surface area contributed by atoms with Crippen LogP contribution in [0.25, 0.3) is 0 Å². The standard InChI is InChI=1S/C16H21N5O2/c1-22-11-3-4-13(23-2)10(7-11)5-9-6-12-14(17)20-16(18)21-15(12)19-8-9/h3-4,7,9H,5-6,8H2,1-2H3,(H5,17,18,19,20,21). The van der Waals surface area contributed by atoms with Gasteiger partial charge in [0.1, 0.15) is 23.1 Å². The number of hydrogen-bond donors (Lipinski definition) is 3. The van der Waals surface area contributed by atoms with Gasteiger partial charge in [-0.25, -0.2) is 0 Å². The highest BCUT2D eigenvalue weighted by atomic mass is 16.5. The molecule has 0 bridgehead atoms. The Labute approximate surface area is 135 Å². The second-order valence-corrected chi connectivity index (χ2v) is 5.63. The first-order chi connectivity index (χ1) is 11.1. The van der Waals surface area contributed by atoms with Gasteiger partial charge < -0.3 is 26.3 Å². The summed E-state index contributed by atoms with van der Waals surface area (Å²) in [5, 5.41) is 3.30. The van der Waals surface area contributed by atoms with Gasteiger partial charge in [0.25, 0.3) is 0 Å². The lowest BCUT2D eigenvalue weighted by Crippen LogP contribution is -2.27. The molecule has 3 rings (SSSR count). The molecule has 1 aliphatic rings. The van der Waals surface area contributed by atoms with E-state index in [1.807, 2.05) is 18.2 Å². The van der Waals surface area contributed by atoms with E-state index in [-0.39, 0.29) is 5.95 Å². The summed E-state index contributed by atoms with van der Waals surface area (Å²) in [6.07, 6.45) is 1.64. The SMILES string of the molecule is COc1ccc(OC)c(CC2CNc3nc(N)nc(N)c3C2)c1. The summed E-state index contributed by atoms with van der Waals surface area (Å²) in [6.45, 7) is 0.795. The Morgan fingerprint density at radius 3 is 2.78 bits per heavy atom. The third kappa shape index (κ3) is 3.08. The molecule has 1 aromatic heterocycles. The van der Waals surface area contributed by atoms with Crippen LogP contribution >= 0.6 is 0 Å². The molecule has 122 valence electrons. The molecule has 0 saturated carbocycles. The molecule has 0 amide bonds. The van der Waals surface area contributed by atoms with Crippen molar-refractivity contribution in [2.24, 2.45) is 5.92 Å². The van der Waals surface area contributed by atoms with Gasteiger partial charge in [-0.05, 0) is 42.5 Å². The van der Waals surface area contributed by atoms with Crippen molar-refractivity contribution in [3.63, 3.8) is 0 Å². The number of aromatic nitrogens is 2. The first kappa shape index (κ1) is 15.2. The van der Waals surface area contributed by atoms with Crippen molar-refractivity contribution in [3.8, 4) is 11.5 Å². The molecule has 7 heteroatoms. The fourth-order valence-electron chi connectivity index (χ4n) is 2.97. The van der Waals surface area contributed by atoms with E-state index < -0.39 is 0 Å². The van der Waals surface area contributed by atoms with Crippen molar-refractivity contribution >= 4 is 17.6 Å². The molecular weight excluding hydrogens is 294 g/mol. The maximum Gasteiger partial charge on any atom is 0.223 e. The fraction of sp³-hybridized carbons (Fsp3) is 0.375. The number of anilines is 3. The van der Waals surface area contributed by atoms with Gasteiger partial charge in [0.05, 0.1) is 14.2 Å². The lowest BCUT2D eigenvalue weighted by Gasteiger charge is -2.26. The molecule has 23 heavy (non-hydrogen) atoms. The highest BCUT2D eigenvalue weighted by Crippen LogP contribution is 2.32. The summed E-state index contributed by atoms with van der Waals surface area (Å²) >= 11 is 0. The highest BCUT2D eigenvalue weighted by molar-refractivity contribution is 5.60. The van der Waals surface area contributed by atoms with Crippen molar-refractivity contribution in [1.29, 1.82) is 0 Å². The molecule has 2 heterocycles. The number of fused-ring (bicyclic) bond motifs is 1. The van der Waals surface area contributed by atoms with E-state index in [1.54, 1.807) is 14.2 Å². The molecule has 5 N–H and O–H groups in total. The quantitative estimate of drug-likeness (QED) is 0.784. The van der Waals surface area contributed by atoms with Crippen LogP contribution in [0.2, 0.25) is 0 Å². The number of ether oxygens (including phenoxy) is 2. The Hall–Kier alpha value is -2.70. The minimum absolute atomic E-state index is 0.196. The molecular formula is C16H21N5O2. The van der Waals surface area contributed by atoms with Crippen LogP contribution in [0.4, 0.5) is 17.6 Å². The average Bonchev–Trinajstić information content (AvgIpc) is 2.55. The van der Waals surface area contributed by atoms with Gasteiger partial charge >= 0.3 is 0 Å². The summed E-state index contributed by atoms with van der Waals surface area (Å²) in [6, 6.07) is 5.83. The lowest BCUT2D eigenvalue weighted by atomic mass is 9.90. The van der Waals surface area contributed by atoms with Crippen molar-refractivity contribution in [1.82, 2.24) is 9.97 Å². The Morgan fingerprint density at radius 2 is 2.04 bits per heavy atom. The van der Waals surface area contributed by atoms with E-state index in [4.69, 9.17) is 20.9 Å². The Morgan fingerprint density at radius 1 is 1.22 bits per heavy atom. The van der Waals surface area contributed by atoms with Crippen LogP contribution in [-0.2, 0) is 12.8 Å². The molecule has 1 unspecified atom stereocenters. The second-order valence-electron chi connectivity index (χ2n) is 5.63. The zero-order chi connectivity index (χ0) is 16.4. The molecule has 0 aliphatic carbocycles. The fourth-order valence-corrected chi connectivity index (χ4v) is 2.97. The molecule has 2 aromatic rings. The number of nitrogen functional groups attached to an aromatic ring is 2. The van der Waals surface area contributed by atoms with Gasteiger partial charge in [0, 0.05) is 12.1 Å². The normalized spacial score (nSPS) is 16.3. The zero-order valence-electron chi connectivity index (χ0n) is 13.3. The average molecular weight is 315 g/mol. The van der Waals surface area contributed by atoms with E-state index in [0.717, 1.165) is 47.8 Å². The Balaban J connectivity index is 1.82. The molecule has 0 radical (unpaired) electrons. The van der Waals surface area contributed by atoms with Crippen LogP contribution in [0.3, 0.4) is 0 Å². The second kappa shape index (κ2) is 6.20. The number of rotatable bonds is 4. The van der Waals surface area contributed by atoms with Crippen molar-refractivity contribution in [3.05, 3.63) is 29.3 Å². The first-order valence-corrected chi connectivity index (χ1v) is 7.47. The monoisotopic (exact) mass is 315 g/mol. The lowest BCUT2D eigenvalue weighted by molar-refractivity contribution is 0.394. The molecule has 1 aromatic carbocycles. The molecule has 1 atom stereocenters. The van der Waals surface area contributed by atoms with Crippen molar-refractivity contribution in [2.75, 3.05) is 37.5 Å². The van der Waals surface area contributed by atoms with Crippen LogP contribution < -0.4 is 26.3 Å². The number of methoxy groups -OCH3 is 2. The first-order valence-electron chi connectivity index (χ1n) is 7.47. The Kier molecular flexibility index (Phi) is 4.10. The van der Waals surface area contributed by atoms with Crippen LogP contribution in [0.5, 0.6) is 11.5 Å². The molecule has 0 saturated heterocycles.